The molecule has 1 heterocycles. The standard InChI is InChI=1S/C14H20N2O6/c1-7(18)16(9-4-8(15)2-3-11(9)19)10-6-22-12(5-17)14(21)13(10)20/h2-4,10,12-14,17,19-21H,5-6,15H2,1H3/t10-,12+,13+,14-/m0/s1. The Balaban J connectivity index is 2.37. The average molecular weight is 312 g/mol. The van der Waals surface area contributed by atoms with Crippen LogP contribution in [-0.4, -0.2) is 63.9 Å². The zero-order valence-corrected chi connectivity index (χ0v) is 12.1. The Labute approximate surface area is 127 Å². The van der Waals surface area contributed by atoms with E-state index in [2.05, 4.69) is 0 Å². The Bertz CT molecular complexity index is 552. The third-order valence-corrected chi connectivity index (χ3v) is 3.72. The van der Waals surface area contributed by atoms with Crippen molar-refractivity contribution in [2.75, 3.05) is 23.8 Å². The largest absolute Gasteiger partial charge is 0.506 e. The summed E-state index contributed by atoms with van der Waals surface area (Å²) < 4.78 is 5.28. The van der Waals surface area contributed by atoms with Crippen molar-refractivity contribution in [1.29, 1.82) is 0 Å². The Morgan fingerprint density at radius 1 is 1.41 bits per heavy atom. The van der Waals surface area contributed by atoms with Gasteiger partial charge in [0.15, 0.2) is 0 Å². The number of benzene rings is 1. The van der Waals surface area contributed by atoms with Crippen LogP contribution < -0.4 is 10.6 Å². The van der Waals surface area contributed by atoms with Crippen molar-refractivity contribution in [2.45, 2.75) is 31.3 Å². The number of phenolic OH excluding ortho intramolecular Hbond substituents is 1. The molecule has 122 valence electrons. The molecule has 1 amide bonds. The lowest BCUT2D eigenvalue weighted by Gasteiger charge is -2.42. The highest BCUT2D eigenvalue weighted by molar-refractivity contribution is 5.94. The first-order valence-corrected chi connectivity index (χ1v) is 6.83. The predicted molar refractivity (Wildman–Crippen MR) is 78.3 cm³/mol. The number of carbonyl (C=O) groups excluding carboxylic acids is 1. The molecule has 6 N–H and O–H groups in total. The summed E-state index contributed by atoms with van der Waals surface area (Å²) in [7, 11) is 0. The number of hydrogen-bond donors (Lipinski definition) is 5. The number of aromatic hydroxyl groups is 1. The summed E-state index contributed by atoms with van der Waals surface area (Å²) in [5.74, 6) is -0.640. The summed E-state index contributed by atoms with van der Waals surface area (Å²) in [6.45, 7) is 0.714. The normalized spacial score (nSPS) is 28.4. The molecule has 1 aliphatic rings. The summed E-state index contributed by atoms with van der Waals surface area (Å²) >= 11 is 0. The Morgan fingerprint density at radius 2 is 2.09 bits per heavy atom. The second-order valence-corrected chi connectivity index (χ2v) is 5.24. The van der Waals surface area contributed by atoms with Crippen LogP contribution in [0, 0.1) is 0 Å². The maximum atomic E-state index is 12.0. The summed E-state index contributed by atoms with van der Waals surface area (Å²) in [5, 5.41) is 39.2. The number of nitrogen functional groups attached to an aromatic ring is 1. The lowest BCUT2D eigenvalue weighted by Crippen LogP contribution is -2.61. The summed E-state index contributed by atoms with van der Waals surface area (Å²) in [4.78, 5) is 13.1. The number of nitrogens with two attached hydrogens (primary N) is 1. The lowest BCUT2D eigenvalue weighted by molar-refractivity contribution is -0.159. The van der Waals surface area contributed by atoms with Crippen LogP contribution in [0.3, 0.4) is 0 Å². The number of phenols is 1. The SMILES string of the molecule is CC(=O)N(c1cc(N)ccc1O)[C@H]1CO[C@H](CO)[C@H](O)[C@@H]1O. The Morgan fingerprint density at radius 3 is 2.68 bits per heavy atom. The van der Waals surface area contributed by atoms with Gasteiger partial charge < -0.3 is 35.8 Å². The van der Waals surface area contributed by atoms with E-state index in [0.717, 1.165) is 4.90 Å². The fraction of sp³-hybridized carbons (Fsp3) is 0.500. The zero-order chi connectivity index (χ0) is 16.4. The van der Waals surface area contributed by atoms with Gasteiger partial charge in [-0.15, -0.1) is 0 Å². The van der Waals surface area contributed by atoms with Crippen molar-refractivity contribution >= 4 is 17.3 Å². The number of amides is 1. The van der Waals surface area contributed by atoms with Gasteiger partial charge in [0.05, 0.1) is 24.9 Å². The average Bonchev–Trinajstić information content (AvgIpc) is 2.47. The van der Waals surface area contributed by atoms with Crippen molar-refractivity contribution in [3.63, 3.8) is 0 Å². The number of ether oxygens (including phenoxy) is 1. The van der Waals surface area contributed by atoms with E-state index in [0.29, 0.717) is 5.69 Å². The molecule has 1 aromatic rings. The fourth-order valence-electron chi connectivity index (χ4n) is 2.57. The highest BCUT2D eigenvalue weighted by Crippen LogP contribution is 2.33. The third kappa shape index (κ3) is 3.00. The first-order valence-electron chi connectivity index (χ1n) is 6.83. The van der Waals surface area contributed by atoms with Crippen LogP contribution in [0.4, 0.5) is 11.4 Å². The second kappa shape index (κ2) is 6.49. The molecule has 0 bridgehead atoms. The first-order chi connectivity index (χ1) is 10.4. The van der Waals surface area contributed by atoms with Crippen LogP contribution in [0.1, 0.15) is 6.92 Å². The quantitative estimate of drug-likeness (QED) is 0.349. The van der Waals surface area contributed by atoms with Gasteiger partial charge in [-0.05, 0) is 18.2 Å². The van der Waals surface area contributed by atoms with Crippen LogP contribution in [0.2, 0.25) is 0 Å². The van der Waals surface area contributed by atoms with Crippen LogP contribution in [0.15, 0.2) is 18.2 Å². The molecule has 8 heteroatoms. The molecule has 0 spiro atoms. The molecule has 1 aliphatic heterocycles. The number of anilines is 2. The van der Waals surface area contributed by atoms with E-state index in [1.807, 2.05) is 0 Å². The topological polar surface area (TPSA) is 136 Å². The number of carbonyl (C=O) groups is 1. The molecule has 1 fully saturated rings. The molecule has 8 nitrogen and oxygen atoms in total. The van der Waals surface area contributed by atoms with Gasteiger partial charge in [0, 0.05) is 12.6 Å². The smallest absolute Gasteiger partial charge is 0.224 e. The highest BCUT2D eigenvalue weighted by atomic mass is 16.5. The number of aliphatic hydroxyl groups excluding tert-OH is 3. The predicted octanol–water partition coefficient (Wildman–Crippen LogP) is -1.19. The van der Waals surface area contributed by atoms with E-state index in [1.165, 1.54) is 25.1 Å². The van der Waals surface area contributed by atoms with Crippen molar-refractivity contribution in [3.05, 3.63) is 18.2 Å². The molecular formula is C14H20N2O6. The molecule has 4 atom stereocenters. The molecule has 0 saturated carbocycles. The van der Waals surface area contributed by atoms with Gasteiger partial charge in [-0.25, -0.2) is 0 Å². The van der Waals surface area contributed by atoms with Gasteiger partial charge in [-0.2, -0.15) is 0 Å². The molecule has 2 rings (SSSR count). The maximum Gasteiger partial charge on any atom is 0.224 e. The molecule has 22 heavy (non-hydrogen) atoms. The Hall–Kier alpha value is -1.87. The molecule has 1 saturated heterocycles. The molecule has 0 aliphatic carbocycles. The molecule has 0 unspecified atom stereocenters. The molecule has 1 aromatic carbocycles. The van der Waals surface area contributed by atoms with Crippen LogP contribution >= 0.6 is 0 Å². The Kier molecular flexibility index (Phi) is 4.87. The summed E-state index contributed by atoms with van der Waals surface area (Å²) in [6, 6.07) is 3.29. The van der Waals surface area contributed by atoms with E-state index in [9.17, 15) is 20.1 Å². The molecule has 0 radical (unpaired) electrons. The van der Waals surface area contributed by atoms with E-state index < -0.39 is 36.9 Å². The second-order valence-electron chi connectivity index (χ2n) is 5.24. The fourth-order valence-corrected chi connectivity index (χ4v) is 2.57. The van der Waals surface area contributed by atoms with Crippen molar-refractivity contribution in [3.8, 4) is 5.75 Å². The molecule has 0 aromatic heterocycles. The maximum absolute atomic E-state index is 12.0. The van der Waals surface area contributed by atoms with Gasteiger partial charge in [0.1, 0.15) is 24.1 Å². The van der Waals surface area contributed by atoms with E-state index in [1.54, 1.807) is 0 Å². The third-order valence-electron chi connectivity index (χ3n) is 3.72. The summed E-state index contributed by atoms with van der Waals surface area (Å²) in [5.41, 5.74) is 6.13. The van der Waals surface area contributed by atoms with Crippen LogP contribution in [0.25, 0.3) is 0 Å². The van der Waals surface area contributed by atoms with Gasteiger partial charge in [-0.1, -0.05) is 0 Å². The number of hydrogen-bond acceptors (Lipinski definition) is 7. The number of aliphatic hydroxyl groups is 3. The highest BCUT2D eigenvalue weighted by Gasteiger charge is 2.42. The zero-order valence-electron chi connectivity index (χ0n) is 12.1. The monoisotopic (exact) mass is 312 g/mol. The summed E-state index contributed by atoms with van der Waals surface area (Å²) in [6.07, 6.45) is -3.61. The van der Waals surface area contributed by atoms with E-state index in [-0.39, 0.29) is 18.0 Å². The van der Waals surface area contributed by atoms with Crippen LogP contribution in [0.5, 0.6) is 5.75 Å². The van der Waals surface area contributed by atoms with Crippen LogP contribution in [-0.2, 0) is 9.53 Å². The number of nitrogens with zero attached hydrogens (tertiary/aromatic N) is 1. The molecular weight excluding hydrogens is 292 g/mol. The van der Waals surface area contributed by atoms with Gasteiger partial charge in [0.2, 0.25) is 5.91 Å². The first kappa shape index (κ1) is 16.5. The minimum atomic E-state index is -1.35. The minimum absolute atomic E-state index is 0.0999. The van der Waals surface area contributed by atoms with Gasteiger partial charge in [-0.3, -0.25) is 4.79 Å². The van der Waals surface area contributed by atoms with Crippen molar-refractivity contribution in [2.24, 2.45) is 0 Å². The minimum Gasteiger partial charge on any atom is -0.506 e. The number of rotatable bonds is 3. The van der Waals surface area contributed by atoms with Gasteiger partial charge in [0.25, 0.3) is 0 Å². The van der Waals surface area contributed by atoms with Crippen molar-refractivity contribution in [1.82, 2.24) is 0 Å². The van der Waals surface area contributed by atoms with E-state index in [4.69, 9.17) is 15.6 Å². The van der Waals surface area contributed by atoms with Gasteiger partial charge >= 0.3 is 0 Å². The van der Waals surface area contributed by atoms with Crippen molar-refractivity contribution < 1.29 is 30.0 Å². The van der Waals surface area contributed by atoms with E-state index >= 15 is 0 Å². The lowest BCUT2D eigenvalue weighted by atomic mass is 9.96.